The van der Waals surface area contributed by atoms with E-state index < -0.39 is 0 Å². The number of hydrogen-bond donors (Lipinski definition) is 1. The zero-order valence-corrected chi connectivity index (χ0v) is 10.2. The van der Waals surface area contributed by atoms with E-state index in [1.807, 2.05) is 32.0 Å². The van der Waals surface area contributed by atoms with Gasteiger partial charge in [0.2, 0.25) is 0 Å². The maximum absolute atomic E-state index is 12.0. The van der Waals surface area contributed by atoms with Gasteiger partial charge in [0, 0.05) is 0 Å². The summed E-state index contributed by atoms with van der Waals surface area (Å²) in [4.78, 5) is 19.2. The molecule has 4 nitrogen and oxygen atoms in total. The van der Waals surface area contributed by atoms with Crippen LogP contribution in [0.2, 0.25) is 0 Å². The normalized spacial score (nSPS) is 11.0. The Kier molecular flexibility index (Phi) is 2.30. The van der Waals surface area contributed by atoms with Crippen LogP contribution < -0.4 is 5.56 Å². The van der Waals surface area contributed by atoms with E-state index in [4.69, 9.17) is 4.42 Å². The van der Waals surface area contributed by atoms with Gasteiger partial charge in [-0.3, -0.25) is 4.79 Å². The van der Waals surface area contributed by atoms with Gasteiger partial charge in [0.1, 0.15) is 5.76 Å². The van der Waals surface area contributed by atoms with E-state index in [-0.39, 0.29) is 5.56 Å². The number of aromatic amines is 1. The molecular weight excluding hydrogens is 228 g/mol. The molecule has 0 aliphatic rings. The molecule has 1 N–H and O–H groups in total. The summed E-state index contributed by atoms with van der Waals surface area (Å²) in [5.41, 5.74) is 1.54. The molecular formula is C14H12N2O2. The first-order valence-electron chi connectivity index (χ1n) is 5.71. The zero-order valence-electron chi connectivity index (χ0n) is 10.2. The third-order valence-electron chi connectivity index (χ3n) is 2.91. The number of benzene rings is 1. The molecule has 0 saturated carbocycles. The average molecular weight is 240 g/mol. The Labute approximate surface area is 103 Å². The Balaban J connectivity index is 2.33. The molecule has 0 amide bonds. The van der Waals surface area contributed by atoms with E-state index in [0.717, 1.165) is 11.3 Å². The van der Waals surface area contributed by atoms with Crippen LogP contribution in [0.15, 0.2) is 39.5 Å². The van der Waals surface area contributed by atoms with Crippen molar-refractivity contribution in [2.45, 2.75) is 13.8 Å². The van der Waals surface area contributed by atoms with Crippen LogP contribution in [0.25, 0.3) is 22.5 Å². The highest BCUT2D eigenvalue weighted by Gasteiger charge is 2.09. The van der Waals surface area contributed by atoms with Gasteiger partial charge in [-0.05, 0) is 37.6 Å². The minimum Gasteiger partial charge on any atom is -0.458 e. The minimum atomic E-state index is -0.146. The van der Waals surface area contributed by atoms with Crippen LogP contribution in [-0.2, 0) is 0 Å². The second kappa shape index (κ2) is 3.84. The predicted octanol–water partition coefficient (Wildman–Crippen LogP) is 2.80. The van der Waals surface area contributed by atoms with Crippen LogP contribution >= 0.6 is 0 Å². The zero-order chi connectivity index (χ0) is 12.7. The van der Waals surface area contributed by atoms with Gasteiger partial charge in [0.25, 0.3) is 5.56 Å². The van der Waals surface area contributed by atoms with Gasteiger partial charge in [-0.25, -0.2) is 4.98 Å². The number of hydrogen-bond acceptors (Lipinski definition) is 3. The second-order valence-corrected chi connectivity index (χ2v) is 4.30. The van der Waals surface area contributed by atoms with Gasteiger partial charge >= 0.3 is 0 Å². The summed E-state index contributed by atoms with van der Waals surface area (Å²) < 4.78 is 5.48. The molecule has 3 rings (SSSR count). The number of rotatable bonds is 1. The topological polar surface area (TPSA) is 58.9 Å². The summed E-state index contributed by atoms with van der Waals surface area (Å²) in [6, 6.07) is 9.21. The Bertz CT molecular complexity index is 784. The fraction of sp³-hybridized carbons (Fsp3) is 0.143. The molecule has 18 heavy (non-hydrogen) atoms. The van der Waals surface area contributed by atoms with Gasteiger partial charge in [-0.2, -0.15) is 0 Å². The minimum absolute atomic E-state index is 0.146. The number of aromatic nitrogens is 2. The van der Waals surface area contributed by atoms with E-state index in [0.29, 0.717) is 22.5 Å². The van der Waals surface area contributed by atoms with E-state index in [2.05, 4.69) is 9.97 Å². The third kappa shape index (κ3) is 1.62. The van der Waals surface area contributed by atoms with Gasteiger partial charge < -0.3 is 9.40 Å². The van der Waals surface area contributed by atoms with Crippen LogP contribution in [0.1, 0.15) is 11.3 Å². The van der Waals surface area contributed by atoms with Crippen LogP contribution in [0, 0.1) is 13.8 Å². The molecule has 90 valence electrons. The smallest absolute Gasteiger partial charge is 0.259 e. The molecule has 4 heteroatoms. The SMILES string of the molecule is Cc1ccc(-c2nc3c(C)cccc3c(=O)[nH]2)o1. The largest absolute Gasteiger partial charge is 0.458 e. The van der Waals surface area contributed by atoms with E-state index in [1.54, 1.807) is 12.1 Å². The molecule has 0 unspecified atom stereocenters. The highest BCUT2D eigenvalue weighted by molar-refractivity contribution is 5.81. The van der Waals surface area contributed by atoms with Crippen molar-refractivity contribution in [2.75, 3.05) is 0 Å². The number of nitrogens with zero attached hydrogens (tertiary/aromatic N) is 1. The molecule has 2 heterocycles. The van der Waals surface area contributed by atoms with Gasteiger partial charge in [0.15, 0.2) is 11.6 Å². The lowest BCUT2D eigenvalue weighted by atomic mass is 10.1. The molecule has 0 spiro atoms. The molecule has 0 fully saturated rings. The lowest BCUT2D eigenvalue weighted by Crippen LogP contribution is -2.09. The monoisotopic (exact) mass is 240 g/mol. The van der Waals surface area contributed by atoms with Crippen molar-refractivity contribution in [1.82, 2.24) is 9.97 Å². The van der Waals surface area contributed by atoms with Crippen molar-refractivity contribution in [3.05, 3.63) is 52.0 Å². The number of furan rings is 1. The first-order valence-corrected chi connectivity index (χ1v) is 5.71. The Hall–Kier alpha value is -2.36. The quantitative estimate of drug-likeness (QED) is 0.711. The van der Waals surface area contributed by atoms with E-state index in [1.165, 1.54) is 0 Å². The Morgan fingerprint density at radius 1 is 1.17 bits per heavy atom. The lowest BCUT2D eigenvalue weighted by Gasteiger charge is -2.02. The fourth-order valence-electron chi connectivity index (χ4n) is 1.98. The lowest BCUT2D eigenvalue weighted by molar-refractivity contribution is 0.544. The number of fused-ring (bicyclic) bond motifs is 1. The van der Waals surface area contributed by atoms with Crippen molar-refractivity contribution in [2.24, 2.45) is 0 Å². The standard InChI is InChI=1S/C14H12N2O2/c1-8-4-3-5-10-12(8)15-13(16-14(10)17)11-7-6-9(2)18-11/h3-7H,1-2H3,(H,15,16,17). The molecule has 0 radical (unpaired) electrons. The summed E-state index contributed by atoms with van der Waals surface area (Å²) in [6.07, 6.45) is 0. The highest BCUT2D eigenvalue weighted by Crippen LogP contribution is 2.20. The van der Waals surface area contributed by atoms with Crippen LogP contribution in [0.4, 0.5) is 0 Å². The van der Waals surface area contributed by atoms with Gasteiger partial charge in [-0.15, -0.1) is 0 Å². The molecule has 0 atom stereocenters. The van der Waals surface area contributed by atoms with E-state index in [9.17, 15) is 4.79 Å². The molecule has 0 aliphatic heterocycles. The Morgan fingerprint density at radius 2 is 2.00 bits per heavy atom. The molecule has 0 saturated heterocycles. The van der Waals surface area contributed by atoms with Crippen molar-refractivity contribution in [3.63, 3.8) is 0 Å². The van der Waals surface area contributed by atoms with Crippen molar-refractivity contribution in [3.8, 4) is 11.6 Å². The molecule has 0 bridgehead atoms. The molecule has 1 aromatic carbocycles. The number of H-pyrrole nitrogens is 1. The van der Waals surface area contributed by atoms with Gasteiger partial charge in [0.05, 0.1) is 10.9 Å². The maximum Gasteiger partial charge on any atom is 0.259 e. The third-order valence-corrected chi connectivity index (χ3v) is 2.91. The number of aryl methyl sites for hydroxylation is 2. The van der Waals surface area contributed by atoms with Crippen LogP contribution in [-0.4, -0.2) is 9.97 Å². The molecule has 0 aliphatic carbocycles. The summed E-state index contributed by atoms with van der Waals surface area (Å²) in [5, 5.41) is 0.599. The molecule has 2 aromatic heterocycles. The first kappa shape index (κ1) is 10.8. The number of nitrogens with one attached hydrogen (secondary N) is 1. The Morgan fingerprint density at radius 3 is 2.72 bits per heavy atom. The van der Waals surface area contributed by atoms with Gasteiger partial charge in [-0.1, -0.05) is 12.1 Å². The van der Waals surface area contributed by atoms with E-state index >= 15 is 0 Å². The second-order valence-electron chi connectivity index (χ2n) is 4.30. The van der Waals surface area contributed by atoms with Crippen molar-refractivity contribution in [1.29, 1.82) is 0 Å². The summed E-state index contributed by atoms with van der Waals surface area (Å²) in [6.45, 7) is 3.79. The maximum atomic E-state index is 12.0. The van der Waals surface area contributed by atoms with Crippen LogP contribution in [0.5, 0.6) is 0 Å². The number of para-hydroxylation sites is 1. The van der Waals surface area contributed by atoms with Crippen LogP contribution in [0.3, 0.4) is 0 Å². The predicted molar refractivity (Wildman–Crippen MR) is 69.5 cm³/mol. The van der Waals surface area contributed by atoms with Crippen molar-refractivity contribution >= 4 is 10.9 Å². The first-order chi connectivity index (χ1) is 8.65. The summed E-state index contributed by atoms with van der Waals surface area (Å²) >= 11 is 0. The van der Waals surface area contributed by atoms with Crippen molar-refractivity contribution < 1.29 is 4.42 Å². The summed E-state index contributed by atoms with van der Waals surface area (Å²) in [7, 11) is 0. The highest BCUT2D eigenvalue weighted by atomic mass is 16.3. The average Bonchev–Trinajstić information content (AvgIpc) is 2.77. The fourth-order valence-corrected chi connectivity index (χ4v) is 1.98. The summed E-state index contributed by atoms with van der Waals surface area (Å²) in [5.74, 6) is 1.84. The molecule has 3 aromatic rings.